The average molecular weight is 528 g/mol. The number of fused-ring (bicyclic) bond motifs is 6. The van der Waals surface area contributed by atoms with Gasteiger partial charge >= 0.3 is 6.09 Å². The van der Waals surface area contributed by atoms with Gasteiger partial charge in [-0.2, -0.15) is 0 Å². The van der Waals surface area contributed by atoms with Gasteiger partial charge in [0.2, 0.25) is 0 Å². The van der Waals surface area contributed by atoms with Gasteiger partial charge in [-0.1, -0.05) is 45.3 Å². The summed E-state index contributed by atoms with van der Waals surface area (Å²) in [4.78, 5) is 15.3. The van der Waals surface area contributed by atoms with E-state index in [4.69, 9.17) is 9.47 Å². The summed E-state index contributed by atoms with van der Waals surface area (Å²) in [5, 5.41) is 10.4. The Labute approximate surface area is 231 Å². The van der Waals surface area contributed by atoms with E-state index in [0.717, 1.165) is 63.3 Å². The SMILES string of the molecule is CCCCOC(=O)N1C[C@@H](C)C[C@H]2O[C@]3(CC[C@@H]4C(=C(C)C3)C[C@H]3[C@H]4CC[C@@H]4C[C@@H](O)CC[C@@]43C)[C@H](C)[C@@H]21. The minimum Gasteiger partial charge on any atom is -0.449 e. The molecule has 5 heteroatoms. The van der Waals surface area contributed by atoms with Gasteiger partial charge < -0.3 is 19.5 Å². The maximum absolute atomic E-state index is 13.2. The lowest BCUT2D eigenvalue weighted by Crippen LogP contribution is -2.54. The van der Waals surface area contributed by atoms with Gasteiger partial charge in [0.15, 0.2) is 0 Å². The van der Waals surface area contributed by atoms with Crippen LogP contribution >= 0.6 is 0 Å². The first-order chi connectivity index (χ1) is 18.2. The van der Waals surface area contributed by atoms with Crippen LogP contribution in [0.4, 0.5) is 4.79 Å². The van der Waals surface area contributed by atoms with Gasteiger partial charge in [-0.25, -0.2) is 4.79 Å². The van der Waals surface area contributed by atoms with E-state index < -0.39 is 0 Å². The van der Waals surface area contributed by atoms with Crippen molar-refractivity contribution >= 4 is 6.09 Å². The van der Waals surface area contributed by atoms with Crippen LogP contribution in [0.2, 0.25) is 0 Å². The first-order valence-electron chi connectivity index (χ1n) is 16.1. The zero-order chi connectivity index (χ0) is 26.8. The van der Waals surface area contributed by atoms with Crippen LogP contribution < -0.4 is 0 Å². The number of amides is 1. The van der Waals surface area contributed by atoms with Gasteiger partial charge in [0.25, 0.3) is 0 Å². The van der Waals surface area contributed by atoms with Crippen molar-refractivity contribution in [2.45, 2.75) is 136 Å². The van der Waals surface area contributed by atoms with Crippen molar-refractivity contribution in [3.63, 3.8) is 0 Å². The van der Waals surface area contributed by atoms with E-state index in [1.165, 1.54) is 32.1 Å². The summed E-state index contributed by atoms with van der Waals surface area (Å²) < 4.78 is 12.9. The molecule has 1 N–H and O–H groups in total. The lowest BCUT2D eigenvalue weighted by Gasteiger charge is -2.53. The van der Waals surface area contributed by atoms with Crippen LogP contribution in [0.15, 0.2) is 11.1 Å². The van der Waals surface area contributed by atoms with Crippen molar-refractivity contribution in [2.24, 2.45) is 40.9 Å². The first-order valence-corrected chi connectivity index (χ1v) is 16.1. The molecule has 2 heterocycles. The number of ether oxygens (including phenoxy) is 2. The number of piperidine rings is 1. The maximum Gasteiger partial charge on any atom is 0.410 e. The fraction of sp³-hybridized carbons (Fsp3) is 0.909. The molecule has 0 unspecified atom stereocenters. The summed E-state index contributed by atoms with van der Waals surface area (Å²) in [5.41, 5.74) is 3.60. The molecule has 1 spiro atoms. The number of nitrogens with zero attached hydrogens (tertiary/aromatic N) is 1. The topological polar surface area (TPSA) is 59.0 Å². The van der Waals surface area contributed by atoms with Crippen molar-refractivity contribution < 1.29 is 19.4 Å². The normalized spacial score (nSPS) is 48.3. The Morgan fingerprint density at radius 1 is 1.16 bits per heavy atom. The molecule has 5 fully saturated rings. The molecule has 11 atom stereocenters. The number of carbonyl (C=O) groups excluding carboxylic acids is 1. The van der Waals surface area contributed by atoms with Crippen molar-refractivity contribution in [3.05, 3.63) is 11.1 Å². The van der Waals surface area contributed by atoms with Crippen LogP contribution in [-0.4, -0.2) is 53.1 Å². The molecule has 1 amide bonds. The molecule has 0 aromatic carbocycles. The number of aliphatic hydroxyl groups excluding tert-OH is 1. The standard InChI is InChI=1S/C33H53NO4/c1-6-7-14-37-31(36)34-19-20(2)15-29-30(34)22(4)33(38-29)13-11-25-26-9-8-23-16-24(35)10-12-32(23,5)28(26)17-27(25)21(3)18-33/h20,22-26,28-30,35H,6-19H2,1-5H3/t20-,22+,23+,24-,25-,26-,28-,29+,30-,32-,33-/m0/s1. The Balaban J connectivity index is 1.23. The summed E-state index contributed by atoms with van der Waals surface area (Å²) >= 11 is 0. The van der Waals surface area contributed by atoms with Crippen LogP contribution in [0.5, 0.6) is 0 Å². The zero-order valence-corrected chi connectivity index (χ0v) is 24.7. The highest BCUT2D eigenvalue weighted by molar-refractivity contribution is 5.68. The minimum atomic E-state index is -0.158. The lowest BCUT2D eigenvalue weighted by molar-refractivity contribution is -0.0832. The number of likely N-dealkylation sites (tertiary alicyclic amines) is 1. The number of unbranched alkanes of at least 4 members (excludes halogenated alkanes) is 1. The molecule has 0 aromatic heterocycles. The Hall–Kier alpha value is -1.07. The molecule has 6 aliphatic rings. The Kier molecular flexibility index (Phi) is 7.20. The smallest absolute Gasteiger partial charge is 0.410 e. The monoisotopic (exact) mass is 527 g/mol. The second-order valence-electron chi connectivity index (χ2n) is 14.8. The Bertz CT molecular complexity index is 947. The second-order valence-corrected chi connectivity index (χ2v) is 14.8. The summed E-state index contributed by atoms with van der Waals surface area (Å²) in [7, 11) is 0. The minimum absolute atomic E-state index is 0.0759. The van der Waals surface area contributed by atoms with E-state index in [9.17, 15) is 9.90 Å². The third kappa shape index (κ3) is 4.28. The molecule has 38 heavy (non-hydrogen) atoms. The third-order valence-electron chi connectivity index (χ3n) is 12.7. The predicted molar refractivity (Wildman–Crippen MR) is 150 cm³/mol. The molecule has 0 aromatic rings. The van der Waals surface area contributed by atoms with Crippen molar-refractivity contribution in [1.82, 2.24) is 4.90 Å². The van der Waals surface area contributed by atoms with Crippen molar-refractivity contribution in [3.8, 4) is 0 Å². The summed E-state index contributed by atoms with van der Waals surface area (Å²) in [6, 6.07) is 0.131. The van der Waals surface area contributed by atoms with E-state index in [0.29, 0.717) is 35.7 Å². The molecule has 2 aliphatic heterocycles. The van der Waals surface area contributed by atoms with Gasteiger partial charge in [-0.05, 0) is 113 Å². The predicted octanol–water partition coefficient (Wildman–Crippen LogP) is 7.12. The van der Waals surface area contributed by atoms with E-state index >= 15 is 0 Å². The molecule has 3 saturated carbocycles. The molecule has 214 valence electrons. The van der Waals surface area contributed by atoms with E-state index in [2.05, 4.69) is 39.5 Å². The van der Waals surface area contributed by atoms with Crippen LogP contribution in [-0.2, 0) is 9.47 Å². The van der Waals surface area contributed by atoms with Crippen LogP contribution in [0.1, 0.15) is 112 Å². The van der Waals surface area contributed by atoms with E-state index in [-0.39, 0.29) is 29.9 Å². The number of hydrogen-bond acceptors (Lipinski definition) is 4. The summed E-state index contributed by atoms with van der Waals surface area (Å²) in [6.45, 7) is 13.1. The zero-order valence-electron chi connectivity index (χ0n) is 24.7. The van der Waals surface area contributed by atoms with Crippen molar-refractivity contribution in [2.75, 3.05) is 13.2 Å². The quantitative estimate of drug-likeness (QED) is 0.314. The number of hydrogen-bond donors (Lipinski definition) is 1. The Morgan fingerprint density at radius 3 is 2.76 bits per heavy atom. The Morgan fingerprint density at radius 2 is 1.97 bits per heavy atom. The highest BCUT2D eigenvalue weighted by Crippen LogP contribution is 2.65. The van der Waals surface area contributed by atoms with E-state index in [1.54, 1.807) is 11.1 Å². The van der Waals surface area contributed by atoms with Crippen molar-refractivity contribution in [1.29, 1.82) is 0 Å². The maximum atomic E-state index is 13.2. The number of carbonyl (C=O) groups is 1. The number of rotatable bonds is 3. The van der Waals surface area contributed by atoms with Crippen LogP contribution in [0.25, 0.3) is 0 Å². The molecule has 5 nitrogen and oxygen atoms in total. The molecular weight excluding hydrogens is 474 g/mol. The molecular formula is C33H53NO4. The highest BCUT2D eigenvalue weighted by atomic mass is 16.6. The lowest BCUT2D eigenvalue weighted by atomic mass is 9.52. The first kappa shape index (κ1) is 27.1. The molecule has 6 rings (SSSR count). The van der Waals surface area contributed by atoms with E-state index in [1.807, 2.05) is 0 Å². The fourth-order valence-corrected chi connectivity index (χ4v) is 10.6. The molecule has 0 bridgehead atoms. The largest absolute Gasteiger partial charge is 0.449 e. The average Bonchev–Trinajstić information content (AvgIpc) is 3.34. The number of allylic oxidation sites excluding steroid dienone is 1. The van der Waals surface area contributed by atoms with Gasteiger partial charge in [0, 0.05) is 12.5 Å². The third-order valence-corrected chi connectivity index (χ3v) is 12.7. The number of aliphatic hydroxyl groups is 1. The van der Waals surface area contributed by atoms with Gasteiger partial charge in [-0.3, -0.25) is 0 Å². The van der Waals surface area contributed by atoms with Crippen LogP contribution in [0.3, 0.4) is 0 Å². The highest BCUT2D eigenvalue weighted by Gasteiger charge is 2.60. The van der Waals surface area contributed by atoms with Gasteiger partial charge in [-0.15, -0.1) is 0 Å². The summed E-state index contributed by atoms with van der Waals surface area (Å²) in [5.74, 6) is 3.75. The van der Waals surface area contributed by atoms with Crippen LogP contribution in [0, 0.1) is 40.9 Å². The molecule has 4 aliphatic carbocycles. The van der Waals surface area contributed by atoms with Gasteiger partial charge in [0.05, 0.1) is 30.5 Å². The second kappa shape index (κ2) is 10.1. The molecule has 2 saturated heterocycles. The molecule has 0 radical (unpaired) electrons. The van der Waals surface area contributed by atoms with Gasteiger partial charge in [0.1, 0.15) is 0 Å². The fourth-order valence-electron chi connectivity index (χ4n) is 10.6. The summed E-state index contributed by atoms with van der Waals surface area (Å²) in [6.07, 6.45) is 13.4.